The van der Waals surface area contributed by atoms with Gasteiger partial charge in [-0.15, -0.1) is 0 Å². The van der Waals surface area contributed by atoms with Crippen LogP contribution in [0.1, 0.15) is 128 Å². The lowest BCUT2D eigenvalue weighted by Gasteiger charge is -2.27. The van der Waals surface area contributed by atoms with E-state index in [0.29, 0.717) is 24.2 Å². The smallest absolute Gasteiger partial charge is 0.230 e. The highest BCUT2D eigenvalue weighted by atomic mass is 16.7. The van der Waals surface area contributed by atoms with Crippen LogP contribution in [0.2, 0.25) is 0 Å². The number of rotatable bonds is 10. The van der Waals surface area contributed by atoms with Crippen LogP contribution in [0.3, 0.4) is 0 Å². The minimum absolute atomic E-state index is 0.125. The lowest BCUT2D eigenvalue weighted by Crippen LogP contribution is -2.41. The van der Waals surface area contributed by atoms with Crippen molar-refractivity contribution in [2.24, 2.45) is 9.98 Å². The molecule has 47 heavy (non-hydrogen) atoms. The van der Waals surface area contributed by atoms with Gasteiger partial charge in [-0.3, -0.25) is 0 Å². The third-order valence-corrected chi connectivity index (χ3v) is 10.3. The number of guanidine groups is 2. The number of hydrogen-bond donors (Lipinski definition) is 4. The second kappa shape index (κ2) is 18.2. The Kier molecular flexibility index (Phi) is 13.0. The molecule has 2 aromatic carbocycles. The predicted octanol–water partition coefficient (Wildman–Crippen LogP) is 9.15. The Morgan fingerprint density at radius 1 is 0.511 bits per heavy atom. The molecule has 2 aromatic rings. The lowest BCUT2D eigenvalue weighted by atomic mass is 9.95. The molecule has 4 N–H and O–H groups in total. The highest BCUT2D eigenvalue weighted by Gasteiger charge is 2.20. The molecule has 0 bridgehead atoms. The zero-order valence-corrected chi connectivity index (χ0v) is 28.5. The molecule has 8 heteroatoms. The predicted molar refractivity (Wildman–Crippen MR) is 195 cm³/mol. The molecule has 0 radical (unpaired) electrons. The minimum Gasteiger partial charge on any atom is -0.457 e. The van der Waals surface area contributed by atoms with Gasteiger partial charge >= 0.3 is 0 Å². The molecule has 0 saturated heterocycles. The first-order valence-corrected chi connectivity index (χ1v) is 18.9. The number of nitrogens with one attached hydrogen (secondary N) is 4. The Hall–Kier alpha value is -3.42. The molecule has 4 aliphatic carbocycles. The summed E-state index contributed by atoms with van der Waals surface area (Å²) in [6.07, 6.45) is 25.2. The summed E-state index contributed by atoms with van der Waals surface area (Å²) in [4.78, 5) is 10.3. The van der Waals surface area contributed by atoms with Crippen LogP contribution < -0.4 is 30.7 Å². The van der Waals surface area contributed by atoms with Gasteiger partial charge in [0.1, 0.15) is 11.5 Å². The van der Waals surface area contributed by atoms with Gasteiger partial charge in [-0.25, -0.2) is 9.98 Å². The number of hydrogen-bond acceptors (Lipinski definition) is 4. The molecule has 4 fully saturated rings. The van der Waals surface area contributed by atoms with E-state index in [4.69, 9.17) is 19.5 Å². The van der Waals surface area contributed by atoms with Gasteiger partial charge in [0.15, 0.2) is 11.9 Å². The maximum Gasteiger partial charge on any atom is 0.230 e. The van der Waals surface area contributed by atoms with Gasteiger partial charge < -0.3 is 30.7 Å². The van der Waals surface area contributed by atoms with Crippen LogP contribution in [0.25, 0.3) is 0 Å². The Balaban J connectivity index is 1.04. The maximum absolute atomic E-state index is 6.08. The van der Waals surface area contributed by atoms with Gasteiger partial charge in [0.25, 0.3) is 0 Å². The highest BCUT2D eigenvalue weighted by molar-refractivity contribution is 5.94. The topological polar surface area (TPSA) is 91.3 Å². The second-order valence-electron chi connectivity index (χ2n) is 14.2. The van der Waals surface area contributed by atoms with Crippen LogP contribution in [0.5, 0.6) is 11.5 Å². The van der Waals surface area contributed by atoms with Gasteiger partial charge in [0, 0.05) is 35.6 Å². The van der Waals surface area contributed by atoms with Crippen molar-refractivity contribution in [2.45, 2.75) is 153 Å². The van der Waals surface area contributed by atoms with Crippen molar-refractivity contribution in [1.82, 2.24) is 10.6 Å². The highest BCUT2D eigenvalue weighted by Crippen LogP contribution is 2.25. The van der Waals surface area contributed by atoms with Crippen molar-refractivity contribution >= 4 is 23.3 Å². The molecule has 256 valence electrons. The van der Waals surface area contributed by atoms with E-state index in [1.54, 1.807) is 0 Å². The summed E-state index contributed by atoms with van der Waals surface area (Å²) in [5.74, 6) is 3.34. The normalized spacial score (nSPS) is 21.2. The fraction of sp³-hybridized carbons (Fsp3) is 0.641. The number of ether oxygens (including phenoxy) is 2. The summed E-state index contributed by atoms with van der Waals surface area (Å²) in [5, 5.41) is 14.7. The Morgan fingerprint density at radius 3 is 1.30 bits per heavy atom. The molecule has 0 atom stereocenters. The second-order valence-corrected chi connectivity index (χ2v) is 14.2. The third kappa shape index (κ3) is 11.4. The largest absolute Gasteiger partial charge is 0.457 e. The Morgan fingerprint density at radius 2 is 0.894 bits per heavy atom. The summed E-state index contributed by atoms with van der Waals surface area (Å²) < 4.78 is 12.2. The van der Waals surface area contributed by atoms with Crippen LogP contribution >= 0.6 is 0 Å². The average Bonchev–Trinajstić information content (AvgIpc) is 3.10. The van der Waals surface area contributed by atoms with Gasteiger partial charge in [0.2, 0.25) is 6.79 Å². The van der Waals surface area contributed by atoms with Crippen LogP contribution in [0.15, 0.2) is 58.5 Å². The molecule has 4 saturated carbocycles. The lowest BCUT2D eigenvalue weighted by molar-refractivity contribution is 0.120. The monoisotopic (exact) mass is 642 g/mol. The molecule has 6 rings (SSSR count). The van der Waals surface area contributed by atoms with Gasteiger partial charge in [-0.05, 0) is 75.6 Å². The molecule has 0 amide bonds. The standard InChI is InChI=1S/C39H58N6O2/c1-5-15-30(16-6-1)40-38(41-31-17-7-2-8-18-31)44-34-23-13-25-36(27-34)46-29-47-37-26-14-24-35(28-37)45-39(42-32-19-9-3-10-20-32)43-33-21-11-4-12-22-33/h13-14,23-28,30-33H,1-12,15-22,29H2,(H2,40,41,44)(H2,42,43,45). The quantitative estimate of drug-likeness (QED) is 0.117. The van der Waals surface area contributed by atoms with E-state index in [2.05, 4.69) is 33.4 Å². The Labute approximate surface area is 283 Å². The number of nitrogens with zero attached hydrogens (tertiary/aromatic N) is 2. The van der Waals surface area contributed by atoms with E-state index >= 15 is 0 Å². The number of aliphatic imine (C=N–C) groups is 2. The molecular weight excluding hydrogens is 584 g/mol. The van der Waals surface area contributed by atoms with Crippen molar-refractivity contribution in [1.29, 1.82) is 0 Å². The Bertz CT molecular complexity index is 1180. The molecular formula is C39H58N6O2. The SMILES string of the molecule is c1cc(NC(=NC2CCCCC2)NC2CCCCC2)cc(OCOc2cccc(NC(=NC3CCCCC3)NC3CCCCC3)c2)c1. The van der Waals surface area contributed by atoms with E-state index in [1.807, 2.05) is 36.4 Å². The molecule has 8 nitrogen and oxygen atoms in total. The molecule has 0 heterocycles. The van der Waals surface area contributed by atoms with Crippen molar-refractivity contribution in [2.75, 3.05) is 17.4 Å². The summed E-state index contributed by atoms with van der Waals surface area (Å²) in [6.45, 7) is 0.125. The zero-order chi connectivity index (χ0) is 31.9. The number of anilines is 2. The van der Waals surface area contributed by atoms with Gasteiger partial charge in [-0.1, -0.05) is 89.2 Å². The van der Waals surface area contributed by atoms with Gasteiger partial charge in [-0.2, -0.15) is 0 Å². The third-order valence-electron chi connectivity index (χ3n) is 10.3. The first-order valence-electron chi connectivity index (χ1n) is 18.9. The fourth-order valence-corrected chi connectivity index (χ4v) is 7.64. The minimum atomic E-state index is 0.125. The van der Waals surface area contributed by atoms with E-state index < -0.39 is 0 Å². The summed E-state index contributed by atoms with van der Waals surface area (Å²) in [5.41, 5.74) is 1.95. The average molecular weight is 643 g/mol. The summed E-state index contributed by atoms with van der Waals surface area (Å²) in [7, 11) is 0. The van der Waals surface area contributed by atoms with E-state index in [0.717, 1.165) is 34.8 Å². The summed E-state index contributed by atoms with van der Waals surface area (Å²) in [6, 6.07) is 18.0. The summed E-state index contributed by atoms with van der Waals surface area (Å²) >= 11 is 0. The molecule has 0 spiro atoms. The first-order chi connectivity index (χ1) is 23.2. The van der Waals surface area contributed by atoms with Crippen molar-refractivity contribution in [3.63, 3.8) is 0 Å². The molecule has 0 aromatic heterocycles. The molecule has 4 aliphatic rings. The number of benzene rings is 2. The zero-order valence-electron chi connectivity index (χ0n) is 28.5. The van der Waals surface area contributed by atoms with Gasteiger partial charge in [0.05, 0.1) is 12.1 Å². The van der Waals surface area contributed by atoms with Crippen molar-refractivity contribution < 1.29 is 9.47 Å². The van der Waals surface area contributed by atoms with Crippen LogP contribution in [-0.2, 0) is 0 Å². The van der Waals surface area contributed by atoms with Crippen molar-refractivity contribution in [3.8, 4) is 11.5 Å². The maximum atomic E-state index is 6.08. The van der Waals surface area contributed by atoms with Crippen LogP contribution in [0, 0.1) is 0 Å². The van der Waals surface area contributed by atoms with E-state index in [1.165, 1.54) is 128 Å². The van der Waals surface area contributed by atoms with Crippen LogP contribution in [-0.4, -0.2) is 42.9 Å². The molecule has 0 aliphatic heterocycles. The first kappa shape index (κ1) is 33.5. The van der Waals surface area contributed by atoms with E-state index in [9.17, 15) is 0 Å². The van der Waals surface area contributed by atoms with E-state index in [-0.39, 0.29) is 6.79 Å². The fourth-order valence-electron chi connectivity index (χ4n) is 7.64. The molecule has 0 unspecified atom stereocenters. The van der Waals surface area contributed by atoms with Crippen molar-refractivity contribution in [3.05, 3.63) is 48.5 Å². The van der Waals surface area contributed by atoms with Crippen LogP contribution in [0.4, 0.5) is 11.4 Å².